The average molecular weight is 199 g/mol. The Bertz CT molecular complexity index is 294. The maximum absolute atomic E-state index is 10.7. The fraction of sp³-hybridized carbons (Fsp3) is 0.778. The van der Waals surface area contributed by atoms with Crippen molar-refractivity contribution in [2.75, 3.05) is 6.61 Å². The van der Waals surface area contributed by atoms with Crippen molar-refractivity contribution in [2.45, 2.75) is 32.0 Å². The van der Waals surface area contributed by atoms with Gasteiger partial charge in [0.1, 0.15) is 5.41 Å². The lowest BCUT2D eigenvalue weighted by Gasteiger charge is -2.35. The molecule has 0 bridgehead atoms. The number of aliphatic hydroxyl groups is 1. The molecule has 14 heavy (non-hydrogen) atoms. The second-order valence-electron chi connectivity index (χ2n) is 3.93. The Labute approximate surface area is 81.9 Å². The topological polar surface area (TPSA) is 90.5 Å². The zero-order chi connectivity index (χ0) is 11.0. The van der Waals surface area contributed by atoms with Crippen LogP contribution < -0.4 is 0 Å². The first-order valence-electron chi connectivity index (χ1n) is 4.33. The standard InChI is InChI=1S/C9H13NO4/c1-8(2)9(5-10,3-4-14-8)6(11)7(12)13/h6,11H,3-4H2,1-2H3,(H,12,13). The highest BCUT2D eigenvalue weighted by atomic mass is 16.5. The van der Waals surface area contributed by atoms with Crippen LogP contribution in [-0.4, -0.2) is 34.5 Å². The lowest BCUT2D eigenvalue weighted by atomic mass is 9.70. The number of aliphatic hydroxyl groups excluding tert-OH is 1. The van der Waals surface area contributed by atoms with E-state index in [2.05, 4.69) is 0 Å². The number of hydrogen-bond acceptors (Lipinski definition) is 4. The van der Waals surface area contributed by atoms with E-state index in [0.29, 0.717) is 6.61 Å². The SMILES string of the molecule is CC1(C)OCCC1(C#N)C(O)C(=O)O. The number of aliphatic carboxylic acids is 1. The van der Waals surface area contributed by atoms with Gasteiger partial charge >= 0.3 is 5.97 Å². The van der Waals surface area contributed by atoms with Crippen LogP contribution in [0.2, 0.25) is 0 Å². The van der Waals surface area contributed by atoms with E-state index >= 15 is 0 Å². The number of carboxylic acid groups (broad SMARTS) is 1. The van der Waals surface area contributed by atoms with E-state index in [1.165, 1.54) is 0 Å². The lowest BCUT2D eigenvalue weighted by molar-refractivity contribution is -0.158. The van der Waals surface area contributed by atoms with Crippen molar-refractivity contribution in [3.63, 3.8) is 0 Å². The monoisotopic (exact) mass is 199 g/mol. The third kappa shape index (κ3) is 1.27. The highest BCUT2D eigenvalue weighted by molar-refractivity contribution is 5.74. The van der Waals surface area contributed by atoms with Crippen molar-refractivity contribution < 1.29 is 19.7 Å². The molecule has 0 radical (unpaired) electrons. The summed E-state index contributed by atoms with van der Waals surface area (Å²) in [5.41, 5.74) is -2.28. The van der Waals surface area contributed by atoms with Crippen LogP contribution in [0.15, 0.2) is 0 Å². The summed E-state index contributed by atoms with van der Waals surface area (Å²) >= 11 is 0. The van der Waals surface area contributed by atoms with Gasteiger partial charge in [-0.3, -0.25) is 0 Å². The summed E-state index contributed by atoms with van der Waals surface area (Å²) in [4.78, 5) is 10.7. The van der Waals surface area contributed by atoms with Crippen LogP contribution in [-0.2, 0) is 9.53 Å². The largest absolute Gasteiger partial charge is 0.479 e. The number of rotatable bonds is 2. The summed E-state index contributed by atoms with van der Waals surface area (Å²) < 4.78 is 5.27. The number of nitriles is 1. The zero-order valence-electron chi connectivity index (χ0n) is 8.15. The number of ether oxygens (including phenoxy) is 1. The summed E-state index contributed by atoms with van der Waals surface area (Å²) in [5, 5.41) is 27.2. The molecule has 1 heterocycles. The van der Waals surface area contributed by atoms with Crippen molar-refractivity contribution >= 4 is 5.97 Å². The summed E-state index contributed by atoms with van der Waals surface area (Å²) in [5.74, 6) is -1.38. The molecule has 0 saturated carbocycles. The highest BCUT2D eigenvalue weighted by Crippen LogP contribution is 2.45. The number of nitrogens with zero attached hydrogens (tertiary/aromatic N) is 1. The Hall–Kier alpha value is -1.12. The van der Waals surface area contributed by atoms with Crippen LogP contribution in [0, 0.1) is 16.7 Å². The zero-order valence-corrected chi connectivity index (χ0v) is 8.15. The minimum atomic E-state index is -1.70. The molecule has 0 aromatic carbocycles. The van der Waals surface area contributed by atoms with Crippen LogP contribution in [0.3, 0.4) is 0 Å². The Balaban J connectivity index is 3.11. The van der Waals surface area contributed by atoms with Gasteiger partial charge in [-0.15, -0.1) is 0 Å². The first kappa shape index (κ1) is 11.0. The van der Waals surface area contributed by atoms with E-state index in [0.717, 1.165) is 0 Å². The first-order chi connectivity index (χ1) is 6.37. The van der Waals surface area contributed by atoms with Gasteiger partial charge in [-0.1, -0.05) is 0 Å². The van der Waals surface area contributed by atoms with Gasteiger partial charge in [0.2, 0.25) is 0 Å². The molecular weight excluding hydrogens is 186 g/mol. The van der Waals surface area contributed by atoms with Crippen LogP contribution in [0.25, 0.3) is 0 Å². The van der Waals surface area contributed by atoms with Crippen molar-refractivity contribution in [1.29, 1.82) is 5.26 Å². The quantitative estimate of drug-likeness (QED) is 0.660. The summed E-state index contributed by atoms with van der Waals surface area (Å²) in [6.07, 6.45) is -1.46. The van der Waals surface area contributed by atoms with Gasteiger partial charge in [0.15, 0.2) is 6.10 Å². The van der Waals surface area contributed by atoms with E-state index in [1.807, 2.05) is 6.07 Å². The molecule has 0 aliphatic carbocycles. The molecule has 5 nitrogen and oxygen atoms in total. The Morgan fingerprint density at radius 2 is 2.21 bits per heavy atom. The fourth-order valence-corrected chi connectivity index (χ4v) is 1.83. The minimum absolute atomic E-state index is 0.240. The normalized spacial score (nSPS) is 32.1. The molecule has 2 N–H and O–H groups in total. The van der Waals surface area contributed by atoms with Gasteiger partial charge < -0.3 is 14.9 Å². The Morgan fingerprint density at radius 3 is 2.50 bits per heavy atom. The van der Waals surface area contributed by atoms with Crippen LogP contribution in [0.4, 0.5) is 0 Å². The van der Waals surface area contributed by atoms with Crippen LogP contribution in [0.1, 0.15) is 20.3 Å². The van der Waals surface area contributed by atoms with E-state index in [9.17, 15) is 9.90 Å². The Morgan fingerprint density at radius 1 is 1.64 bits per heavy atom. The lowest BCUT2D eigenvalue weighted by Crippen LogP contribution is -2.50. The molecule has 0 amide bonds. The van der Waals surface area contributed by atoms with Crippen LogP contribution in [0.5, 0.6) is 0 Å². The van der Waals surface area contributed by atoms with Gasteiger partial charge in [0.25, 0.3) is 0 Å². The number of carboxylic acids is 1. The van der Waals surface area contributed by atoms with Crippen molar-refractivity contribution in [3.05, 3.63) is 0 Å². The third-order valence-electron chi connectivity index (χ3n) is 2.93. The summed E-state index contributed by atoms with van der Waals surface area (Å²) in [7, 11) is 0. The molecule has 1 fully saturated rings. The number of hydrogen-bond donors (Lipinski definition) is 2. The predicted octanol–water partition coefficient (Wildman–Crippen LogP) is 0.141. The van der Waals surface area contributed by atoms with Gasteiger partial charge in [-0.25, -0.2) is 4.79 Å². The van der Waals surface area contributed by atoms with E-state index in [-0.39, 0.29) is 6.42 Å². The van der Waals surface area contributed by atoms with Crippen LogP contribution >= 0.6 is 0 Å². The molecule has 0 aromatic rings. The number of carbonyl (C=O) groups is 1. The molecule has 0 spiro atoms. The van der Waals surface area contributed by atoms with E-state index < -0.39 is 23.1 Å². The Kier molecular flexibility index (Phi) is 2.52. The summed E-state index contributed by atoms with van der Waals surface area (Å²) in [6, 6.07) is 1.89. The molecular formula is C9H13NO4. The van der Waals surface area contributed by atoms with Crippen molar-refractivity contribution in [2.24, 2.45) is 5.41 Å². The van der Waals surface area contributed by atoms with E-state index in [4.69, 9.17) is 15.1 Å². The maximum atomic E-state index is 10.7. The molecule has 78 valence electrons. The molecule has 1 aliphatic heterocycles. The van der Waals surface area contributed by atoms with Gasteiger partial charge in [0.05, 0.1) is 11.7 Å². The molecule has 5 heteroatoms. The van der Waals surface area contributed by atoms with Gasteiger partial charge in [0, 0.05) is 6.61 Å². The molecule has 1 rings (SSSR count). The minimum Gasteiger partial charge on any atom is -0.479 e. The predicted molar refractivity (Wildman–Crippen MR) is 46.3 cm³/mol. The van der Waals surface area contributed by atoms with Gasteiger partial charge in [-0.2, -0.15) is 5.26 Å². The van der Waals surface area contributed by atoms with Crippen molar-refractivity contribution in [3.8, 4) is 6.07 Å². The summed E-state index contributed by atoms with van der Waals surface area (Å²) in [6.45, 7) is 3.54. The van der Waals surface area contributed by atoms with Gasteiger partial charge in [-0.05, 0) is 20.3 Å². The fourth-order valence-electron chi connectivity index (χ4n) is 1.83. The van der Waals surface area contributed by atoms with E-state index in [1.54, 1.807) is 13.8 Å². The molecule has 1 aliphatic rings. The molecule has 2 atom stereocenters. The molecule has 1 saturated heterocycles. The maximum Gasteiger partial charge on any atom is 0.334 e. The smallest absolute Gasteiger partial charge is 0.334 e. The first-order valence-corrected chi connectivity index (χ1v) is 4.33. The second kappa shape index (κ2) is 3.23. The highest BCUT2D eigenvalue weighted by Gasteiger charge is 2.58. The second-order valence-corrected chi connectivity index (χ2v) is 3.93. The average Bonchev–Trinajstić information content (AvgIpc) is 2.40. The third-order valence-corrected chi connectivity index (χ3v) is 2.93. The van der Waals surface area contributed by atoms with Crippen molar-refractivity contribution in [1.82, 2.24) is 0 Å². The molecule has 0 aromatic heterocycles. The molecule has 2 unspecified atom stereocenters.